The van der Waals surface area contributed by atoms with Gasteiger partial charge in [-0.25, -0.2) is 0 Å². The maximum absolute atomic E-state index is 6.02. The summed E-state index contributed by atoms with van der Waals surface area (Å²) in [5.74, 6) is 1.06. The van der Waals surface area contributed by atoms with E-state index < -0.39 is 0 Å². The number of aromatic nitrogens is 1. The van der Waals surface area contributed by atoms with Crippen LogP contribution in [0.15, 0.2) is 54.7 Å². The third-order valence-corrected chi connectivity index (χ3v) is 4.66. The van der Waals surface area contributed by atoms with Gasteiger partial charge in [-0.2, -0.15) is 0 Å². The summed E-state index contributed by atoms with van der Waals surface area (Å²) >= 11 is 0. The monoisotopic (exact) mass is 317 g/mol. The van der Waals surface area contributed by atoms with Gasteiger partial charge in [0, 0.05) is 31.2 Å². The third kappa shape index (κ3) is 3.49. The van der Waals surface area contributed by atoms with Gasteiger partial charge in [-0.05, 0) is 37.1 Å². The van der Waals surface area contributed by atoms with Gasteiger partial charge in [-0.15, -0.1) is 12.4 Å². The van der Waals surface area contributed by atoms with Crippen molar-refractivity contribution in [1.29, 1.82) is 0 Å². The fourth-order valence-electron chi connectivity index (χ4n) is 3.35. The summed E-state index contributed by atoms with van der Waals surface area (Å²) in [6.45, 7) is 5.09. The van der Waals surface area contributed by atoms with E-state index >= 15 is 0 Å². The molecule has 2 aromatic rings. The number of pyridine rings is 1. The average Bonchev–Trinajstić information content (AvgIpc) is 3.00. The second kappa shape index (κ2) is 7.73. The van der Waals surface area contributed by atoms with E-state index in [1.165, 1.54) is 5.56 Å². The van der Waals surface area contributed by atoms with Crippen LogP contribution in [0, 0.1) is 5.92 Å². The molecular formula is C18H24ClN3. The van der Waals surface area contributed by atoms with Crippen LogP contribution >= 0.6 is 12.4 Å². The van der Waals surface area contributed by atoms with E-state index in [-0.39, 0.29) is 12.4 Å². The molecule has 3 atom stereocenters. The van der Waals surface area contributed by atoms with Crippen LogP contribution in [0.25, 0.3) is 0 Å². The van der Waals surface area contributed by atoms with Crippen LogP contribution in [0.4, 0.5) is 0 Å². The highest BCUT2D eigenvalue weighted by Gasteiger charge is 2.35. The summed E-state index contributed by atoms with van der Waals surface area (Å²) in [5, 5.41) is 0. The van der Waals surface area contributed by atoms with Gasteiger partial charge in [0.25, 0.3) is 0 Å². The predicted molar refractivity (Wildman–Crippen MR) is 93.2 cm³/mol. The molecule has 0 saturated carbocycles. The largest absolute Gasteiger partial charge is 0.330 e. The van der Waals surface area contributed by atoms with Crippen molar-refractivity contribution in [2.24, 2.45) is 11.7 Å². The van der Waals surface area contributed by atoms with Crippen LogP contribution < -0.4 is 5.73 Å². The summed E-state index contributed by atoms with van der Waals surface area (Å²) in [6.07, 6.45) is 1.87. The van der Waals surface area contributed by atoms with Gasteiger partial charge in [-0.3, -0.25) is 9.88 Å². The number of benzene rings is 1. The Balaban J connectivity index is 0.00000176. The molecule has 4 heteroatoms. The highest BCUT2D eigenvalue weighted by atomic mass is 35.5. The first-order valence-electron chi connectivity index (χ1n) is 7.69. The minimum Gasteiger partial charge on any atom is -0.330 e. The van der Waals surface area contributed by atoms with E-state index in [2.05, 4.69) is 59.3 Å². The molecule has 0 aliphatic carbocycles. The summed E-state index contributed by atoms with van der Waals surface area (Å²) in [6, 6.07) is 17.2. The molecule has 1 aliphatic rings. The molecule has 118 valence electrons. The van der Waals surface area contributed by atoms with Crippen LogP contribution in [0.1, 0.15) is 30.1 Å². The van der Waals surface area contributed by atoms with Crippen molar-refractivity contribution in [3.05, 3.63) is 66.0 Å². The van der Waals surface area contributed by atoms with Crippen molar-refractivity contribution in [2.75, 3.05) is 19.6 Å². The highest BCUT2D eigenvalue weighted by molar-refractivity contribution is 5.85. The maximum Gasteiger partial charge on any atom is 0.0572 e. The van der Waals surface area contributed by atoms with E-state index in [0.29, 0.717) is 17.9 Å². The number of halogens is 1. The van der Waals surface area contributed by atoms with E-state index in [0.717, 1.165) is 25.3 Å². The Morgan fingerprint density at radius 1 is 1.14 bits per heavy atom. The molecule has 1 unspecified atom stereocenters. The van der Waals surface area contributed by atoms with Crippen LogP contribution in [-0.2, 0) is 0 Å². The lowest BCUT2D eigenvalue weighted by Gasteiger charge is -2.23. The molecule has 0 amide bonds. The highest BCUT2D eigenvalue weighted by Crippen LogP contribution is 2.36. The Bertz CT molecular complexity index is 561. The molecule has 1 aromatic heterocycles. The molecule has 22 heavy (non-hydrogen) atoms. The minimum absolute atomic E-state index is 0. The fourth-order valence-corrected chi connectivity index (χ4v) is 3.35. The average molecular weight is 318 g/mol. The Hall–Kier alpha value is -1.42. The van der Waals surface area contributed by atoms with Crippen molar-refractivity contribution >= 4 is 12.4 Å². The Morgan fingerprint density at radius 3 is 2.50 bits per heavy atom. The van der Waals surface area contributed by atoms with Crippen molar-refractivity contribution < 1.29 is 0 Å². The molecular weight excluding hydrogens is 294 g/mol. The van der Waals surface area contributed by atoms with E-state index in [9.17, 15) is 0 Å². The summed E-state index contributed by atoms with van der Waals surface area (Å²) in [4.78, 5) is 7.01. The molecule has 1 aromatic carbocycles. The lowest BCUT2D eigenvalue weighted by molar-refractivity contribution is 0.248. The van der Waals surface area contributed by atoms with Gasteiger partial charge < -0.3 is 5.73 Å². The van der Waals surface area contributed by atoms with Gasteiger partial charge >= 0.3 is 0 Å². The Labute approximate surface area is 139 Å². The van der Waals surface area contributed by atoms with Crippen LogP contribution in [0.5, 0.6) is 0 Å². The smallest absolute Gasteiger partial charge is 0.0572 e. The number of hydrogen-bond donors (Lipinski definition) is 1. The molecule has 0 radical (unpaired) electrons. The molecule has 1 saturated heterocycles. The van der Waals surface area contributed by atoms with Crippen molar-refractivity contribution in [1.82, 2.24) is 9.88 Å². The molecule has 2 heterocycles. The first kappa shape index (κ1) is 16.9. The lowest BCUT2D eigenvalue weighted by atomic mass is 9.89. The zero-order valence-corrected chi connectivity index (χ0v) is 13.7. The van der Waals surface area contributed by atoms with E-state index in [1.807, 2.05) is 12.3 Å². The quantitative estimate of drug-likeness (QED) is 0.941. The van der Waals surface area contributed by atoms with Crippen LogP contribution in [0.2, 0.25) is 0 Å². The molecule has 2 N–H and O–H groups in total. The topological polar surface area (TPSA) is 42.2 Å². The zero-order valence-electron chi connectivity index (χ0n) is 12.9. The first-order valence-corrected chi connectivity index (χ1v) is 7.69. The molecule has 3 rings (SSSR count). The fraction of sp³-hybridized carbons (Fsp3) is 0.389. The number of nitrogens with two attached hydrogens (primary N) is 1. The van der Waals surface area contributed by atoms with E-state index in [1.54, 1.807) is 0 Å². The van der Waals surface area contributed by atoms with Gasteiger partial charge in [0.15, 0.2) is 0 Å². The SMILES string of the molecule is CC(c1ccccn1)N1C[C@@H](CN)[C@H](c2ccccc2)C1.Cl. The van der Waals surface area contributed by atoms with Gasteiger partial charge in [0.05, 0.1) is 5.69 Å². The summed E-state index contributed by atoms with van der Waals surface area (Å²) in [5.41, 5.74) is 8.57. The third-order valence-electron chi connectivity index (χ3n) is 4.66. The predicted octanol–water partition coefficient (Wildman–Crippen LogP) is 3.24. The van der Waals surface area contributed by atoms with Crippen molar-refractivity contribution in [3.8, 4) is 0 Å². The lowest BCUT2D eigenvalue weighted by Crippen LogP contribution is -2.26. The zero-order chi connectivity index (χ0) is 14.7. The van der Waals surface area contributed by atoms with Crippen LogP contribution in [-0.4, -0.2) is 29.5 Å². The van der Waals surface area contributed by atoms with Gasteiger partial charge in [0.1, 0.15) is 0 Å². The number of rotatable bonds is 4. The second-order valence-corrected chi connectivity index (χ2v) is 5.90. The van der Waals surface area contributed by atoms with Gasteiger partial charge in [0.2, 0.25) is 0 Å². The van der Waals surface area contributed by atoms with Crippen LogP contribution in [0.3, 0.4) is 0 Å². The van der Waals surface area contributed by atoms with Crippen molar-refractivity contribution in [3.63, 3.8) is 0 Å². The molecule has 0 spiro atoms. The summed E-state index contributed by atoms with van der Waals surface area (Å²) < 4.78 is 0. The van der Waals surface area contributed by atoms with E-state index in [4.69, 9.17) is 5.73 Å². The second-order valence-electron chi connectivity index (χ2n) is 5.90. The molecule has 1 fully saturated rings. The molecule has 0 bridgehead atoms. The molecule has 1 aliphatic heterocycles. The molecule has 3 nitrogen and oxygen atoms in total. The number of likely N-dealkylation sites (tertiary alicyclic amines) is 1. The standard InChI is InChI=1S/C18H23N3.ClH/c1-14(18-9-5-6-10-20-18)21-12-16(11-19)17(13-21)15-7-3-2-4-8-15;/h2-10,14,16-17H,11-13,19H2,1H3;1H/t14?,16-,17+;/m1./s1. The Kier molecular flexibility index (Phi) is 5.95. The number of nitrogens with zero attached hydrogens (tertiary/aromatic N) is 2. The van der Waals surface area contributed by atoms with Gasteiger partial charge in [-0.1, -0.05) is 36.4 Å². The minimum atomic E-state index is 0. The van der Waals surface area contributed by atoms with Crippen molar-refractivity contribution in [2.45, 2.75) is 18.9 Å². The normalized spacial score (nSPS) is 23.0. The summed E-state index contributed by atoms with van der Waals surface area (Å²) in [7, 11) is 0. The first-order chi connectivity index (χ1) is 10.3. The Morgan fingerprint density at radius 2 is 1.86 bits per heavy atom. The maximum atomic E-state index is 6.02. The number of hydrogen-bond acceptors (Lipinski definition) is 3.